The molecule has 1 aromatic rings. The van der Waals surface area contributed by atoms with E-state index >= 15 is 0 Å². The van der Waals surface area contributed by atoms with Gasteiger partial charge >= 0.3 is 0 Å². The molecule has 0 unspecified atom stereocenters. The van der Waals surface area contributed by atoms with Gasteiger partial charge in [-0.1, -0.05) is 12.1 Å². The number of hydrogen-bond donors (Lipinski definition) is 2. The lowest BCUT2D eigenvalue weighted by molar-refractivity contribution is -0.114. The summed E-state index contributed by atoms with van der Waals surface area (Å²) in [5.41, 5.74) is 7.51. The molecule has 0 aliphatic rings. The lowest BCUT2D eigenvalue weighted by Gasteiger charge is -2.07. The fourth-order valence-corrected chi connectivity index (χ4v) is 1.10. The van der Waals surface area contributed by atoms with Crippen molar-refractivity contribution in [1.82, 2.24) is 0 Å². The molecule has 0 radical (unpaired) electrons. The van der Waals surface area contributed by atoms with Gasteiger partial charge in [-0.25, -0.2) is 0 Å². The second kappa shape index (κ2) is 4.05. The Labute approximate surface area is 77.9 Å². The lowest BCUT2D eigenvalue weighted by Crippen LogP contribution is -2.08. The maximum atomic E-state index is 10.8. The summed E-state index contributed by atoms with van der Waals surface area (Å²) in [6.45, 7) is 3.39. The second-order valence-electron chi connectivity index (χ2n) is 3.10. The monoisotopic (exact) mass is 178 g/mol. The molecule has 0 spiro atoms. The van der Waals surface area contributed by atoms with Gasteiger partial charge in [-0.15, -0.1) is 0 Å². The normalized spacial score (nSPS) is 12.2. The molecule has 0 saturated heterocycles. The number of benzene rings is 1. The Bertz CT molecular complexity index is 308. The minimum atomic E-state index is -0.0678. The van der Waals surface area contributed by atoms with Crippen LogP contribution in [0.25, 0.3) is 0 Å². The van der Waals surface area contributed by atoms with E-state index in [1.54, 1.807) is 0 Å². The van der Waals surface area contributed by atoms with Crippen LogP contribution in [0.3, 0.4) is 0 Å². The van der Waals surface area contributed by atoms with E-state index in [9.17, 15) is 4.79 Å². The molecule has 0 aliphatic heterocycles. The Morgan fingerprint density at radius 2 is 2.23 bits per heavy atom. The number of carbonyl (C=O) groups is 1. The van der Waals surface area contributed by atoms with Crippen LogP contribution in [0.15, 0.2) is 24.3 Å². The van der Waals surface area contributed by atoms with E-state index in [0.717, 1.165) is 11.3 Å². The molecule has 0 aromatic heterocycles. The molecule has 0 bridgehead atoms. The number of rotatable bonds is 2. The smallest absolute Gasteiger partial charge is 0.221 e. The van der Waals surface area contributed by atoms with Crippen molar-refractivity contribution in [3.05, 3.63) is 29.8 Å². The summed E-state index contributed by atoms with van der Waals surface area (Å²) >= 11 is 0. The SMILES string of the molecule is CC(=O)Nc1cccc([C@H](C)N)c1. The Morgan fingerprint density at radius 3 is 2.77 bits per heavy atom. The molecule has 0 fully saturated rings. The van der Waals surface area contributed by atoms with Crippen LogP contribution >= 0.6 is 0 Å². The first-order valence-corrected chi connectivity index (χ1v) is 4.22. The molecule has 1 atom stereocenters. The summed E-state index contributed by atoms with van der Waals surface area (Å²) in [6.07, 6.45) is 0. The molecule has 0 heterocycles. The molecule has 1 rings (SSSR count). The average Bonchev–Trinajstić information content (AvgIpc) is 2.03. The van der Waals surface area contributed by atoms with Crippen LogP contribution in [0.4, 0.5) is 5.69 Å². The minimum absolute atomic E-state index is 0.00583. The van der Waals surface area contributed by atoms with Gasteiger partial charge in [-0.05, 0) is 24.6 Å². The number of nitrogens with one attached hydrogen (secondary N) is 1. The third-order valence-electron chi connectivity index (χ3n) is 1.73. The zero-order valence-corrected chi connectivity index (χ0v) is 7.87. The van der Waals surface area contributed by atoms with E-state index < -0.39 is 0 Å². The average molecular weight is 178 g/mol. The molecule has 0 aliphatic carbocycles. The molecule has 3 nitrogen and oxygen atoms in total. The van der Waals surface area contributed by atoms with Crippen molar-refractivity contribution in [1.29, 1.82) is 0 Å². The van der Waals surface area contributed by atoms with Crippen LogP contribution in [0, 0.1) is 0 Å². The van der Waals surface area contributed by atoms with Crippen LogP contribution in [0.2, 0.25) is 0 Å². The van der Waals surface area contributed by atoms with E-state index in [0.29, 0.717) is 0 Å². The predicted octanol–water partition coefficient (Wildman–Crippen LogP) is 1.66. The first-order valence-electron chi connectivity index (χ1n) is 4.22. The quantitative estimate of drug-likeness (QED) is 0.723. The number of anilines is 1. The maximum Gasteiger partial charge on any atom is 0.221 e. The minimum Gasteiger partial charge on any atom is -0.326 e. The van der Waals surface area contributed by atoms with Gasteiger partial charge in [0, 0.05) is 18.7 Å². The van der Waals surface area contributed by atoms with E-state index in [1.165, 1.54) is 6.92 Å². The van der Waals surface area contributed by atoms with Crippen LogP contribution in [0.5, 0.6) is 0 Å². The van der Waals surface area contributed by atoms with Crippen LogP contribution in [-0.4, -0.2) is 5.91 Å². The van der Waals surface area contributed by atoms with Crippen molar-refractivity contribution in [2.45, 2.75) is 19.9 Å². The molecule has 0 saturated carbocycles. The van der Waals surface area contributed by atoms with Gasteiger partial charge in [0.1, 0.15) is 0 Å². The largest absolute Gasteiger partial charge is 0.326 e. The van der Waals surface area contributed by atoms with E-state index in [2.05, 4.69) is 5.32 Å². The topological polar surface area (TPSA) is 55.1 Å². The van der Waals surface area contributed by atoms with Crippen LogP contribution in [0.1, 0.15) is 25.5 Å². The number of amides is 1. The van der Waals surface area contributed by atoms with Crippen molar-refractivity contribution in [2.75, 3.05) is 5.32 Å². The number of hydrogen-bond acceptors (Lipinski definition) is 2. The Kier molecular flexibility index (Phi) is 3.03. The van der Waals surface area contributed by atoms with Gasteiger partial charge in [0.25, 0.3) is 0 Å². The highest BCUT2D eigenvalue weighted by atomic mass is 16.1. The summed E-state index contributed by atoms with van der Waals surface area (Å²) in [6, 6.07) is 7.54. The van der Waals surface area contributed by atoms with Gasteiger partial charge in [-0.2, -0.15) is 0 Å². The summed E-state index contributed by atoms with van der Waals surface area (Å²) in [7, 11) is 0. The van der Waals surface area contributed by atoms with Gasteiger partial charge in [0.2, 0.25) is 5.91 Å². The summed E-state index contributed by atoms with van der Waals surface area (Å²) < 4.78 is 0. The van der Waals surface area contributed by atoms with Crippen molar-refractivity contribution in [3.8, 4) is 0 Å². The number of carbonyl (C=O) groups excluding carboxylic acids is 1. The molecule has 1 amide bonds. The Hall–Kier alpha value is -1.35. The predicted molar refractivity (Wildman–Crippen MR) is 53.3 cm³/mol. The zero-order valence-electron chi connectivity index (χ0n) is 7.87. The Balaban J connectivity index is 2.85. The standard InChI is InChI=1S/C10H14N2O/c1-7(11)9-4-3-5-10(6-9)12-8(2)13/h3-7H,11H2,1-2H3,(H,12,13)/t7-/m0/s1. The van der Waals surface area contributed by atoms with Crippen LogP contribution in [-0.2, 0) is 4.79 Å². The van der Waals surface area contributed by atoms with Crippen molar-refractivity contribution >= 4 is 11.6 Å². The molecular formula is C10H14N2O. The molecule has 3 heteroatoms. The van der Waals surface area contributed by atoms with Crippen molar-refractivity contribution in [3.63, 3.8) is 0 Å². The van der Waals surface area contributed by atoms with Gasteiger partial charge in [-0.3, -0.25) is 4.79 Å². The van der Waals surface area contributed by atoms with E-state index in [4.69, 9.17) is 5.73 Å². The maximum absolute atomic E-state index is 10.8. The first-order chi connectivity index (χ1) is 6.09. The highest BCUT2D eigenvalue weighted by Gasteiger charge is 2.00. The fourth-order valence-electron chi connectivity index (χ4n) is 1.10. The summed E-state index contributed by atoms with van der Waals surface area (Å²) in [5, 5.41) is 2.71. The fraction of sp³-hybridized carbons (Fsp3) is 0.300. The second-order valence-corrected chi connectivity index (χ2v) is 3.10. The molecule has 13 heavy (non-hydrogen) atoms. The van der Waals surface area contributed by atoms with Crippen molar-refractivity contribution in [2.24, 2.45) is 5.73 Å². The van der Waals surface area contributed by atoms with Gasteiger partial charge in [0.05, 0.1) is 0 Å². The third-order valence-corrected chi connectivity index (χ3v) is 1.73. The first kappa shape index (κ1) is 9.74. The summed E-state index contributed by atoms with van der Waals surface area (Å²) in [4.78, 5) is 10.8. The number of nitrogens with two attached hydrogens (primary N) is 1. The van der Waals surface area contributed by atoms with E-state index in [1.807, 2.05) is 31.2 Å². The van der Waals surface area contributed by atoms with E-state index in [-0.39, 0.29) is 11.9 Å². The molecule has 1 aromatic carbocycles. The zero-order chi connectivity index (χ0) is 9.84. The van der Waals surface area contributed by atoms with Crippen molar-refractivity contribution < 1.29 is 4.79 Å². The highest BCUT2D eigenvalue weighted by Crippen LogP contribution is 2.15. The Morgan fingerprint density at radius 1 is 1.54 bits per heavy atom. The molecule has 70 valence electrons. The lowest BCUT2D eigenvalue weighted by atomic mass is 10.1. The third kappa shape index (κ3) is 2.87. The molecule has 3 N–H and O–H groups in total. The highest BCUT2D eigenvalue weighted by molar-refractivity contribution is 5.88. The van der Waals surface area contributed by atoms with Crippen LogP contribution < -0.4 is 11.1 Å². The summed E-state index contributed by atoms with van der Waals surface area (Å²) in [5.74, 6) is -0.0678. The van der Waals surface area contributed by atoms with Gasteiger partial charge in [0.15, 0.2) is 0 Å². The van der Waals surface area contributed by atoms with Gasteiger partial charge < -0.3 is 11.1 Å². The molecular weight excluding hydrogens is 164 g/mol.